The number of pyridine rings is 1. The SMILES string of the molecule is Cc1cccc(NC(=O)c2nc[nH]c2C(=O)Nc2ccccn2)c1. The highest BCUT2D eigenvalue weighted by Crippen LogP contribution is 2.13. The van der Waals surface area contributed by atoms with Crippen LogP contribution in [0.2, 0.25) is 0 Å². The molecule has 0 spiro atoms. The first kappa shape index (κ1) is 15.4. The number of hydrogen-bond acceptors (Lipinski definition) is 4. The predicted octanol–water partition coefficient (Wildman–Crippen LogP) is 2.62. The van der Waals surface area contributed by atoms with Crippen LogP contribution < -0.4 is 10.6 Å². The predicted molar refractivity (Wildman–Crippen MR) is 89.9 cm³/mol. The zero-order chi connectivity index (χ0) is 16.9. The molecule has 0 saturated carbocycles. The van der Waals surface area contributed by atoms with Gasteiger partial charge in [0.05, 0.1) is 6.33 Å². The van der Waals surface area contributed by atoms with Gasteiger partial charge in [0, 0.05) is 11.9 Å². The molecule has 7 nitrogen and oxygen atoms in total. The van der Waals surface area contributed by atoms with Crippen LogP contribution in [-0.2, 0) is 0 Å². The maximum atomic E-state index is 12.4. The van der Waals surface area contributed by atoms with Crippen molar-refractivity contribution in [3.63, 3.8) is 0 Å². The molecule has 0 aliphatic rings. The lowest BCUT2D eigenvalue weighted by Crippen LogP contribution is -2.20. The van der Waals surface area contributed by atoms with Crippen LogP contribution in [0.25, 0.3) is 0 Å². The van der Waals surface area contributed by atoms with E-state index in [1.165, 1.54) is 6.33 Å². The molecule has 0 radical (unpaired) electrons. The minimum Gasteiger partial charge on any atom is -0.340 e. The number of imidazole rings is 1. The van der Waals surface area contributed by atoms with Gasteiger partial charge in [0.1, 0.15) is 11.5 Å². The molecule has 3 aromatic rings. The van der Waals surface area contributed by atoms with Gasteiger partial charge in [0.25, 0.3) is 11.8 Å². The summed E-state index contributed by atoms with van der Waals surface area (Å²) in [6, 6.07) is 12.5. The maximum Gasteiger partial charge on any atom is 0.276 e. The van der Waals surface area contributed by atoms with E-state index in [-0.39, 0.29) is 11.4 Å². The van der Waals surface area contributed by atoms with E-state index in [2.05, 4.69) is 25.6 Å². The Morgan fingerprint density at radius 2 is 1.88 bits per heavy atom. The normalized spacial score (nSPS) is 10.2. The van der Waals surface area contributed by atoms with Crippen LogP contribution in [0.4, 0.5) is 11.5 Å². The molecule has 2 heterocycles. The molecule has 2 amide bonds. The van der Waals surface area contributed by atoms with Crippen molar-refractivity contribution in [1.29, 1.82) is 0 Å². The van der Waals surface area contributed by atoms with Crippen LogP contribution in [-0.4, -0.2) is 26.8 Å². The van der Waals surface area contributed by atoms with Gasteiger partial charge in [-0.3, -0.25) is 9.59 Å². The molecule has 1 aromatic carbocycles. The Hall–Kier alpha value is -3.48. The monoisotopic (exact) mass is 321 g/mol. The molecule has 0 bridgehead atoms. The fraction of sp³-hybridized carbons (Fsp3) is 0.0588. The van der Waals surface area contributed by atoms with Gasteiger partial charge in [-0.1, -0.05) is 18.2 Å². The number of benzene rings is 1. The Balaban J connectivity index is 1.77. The van der Waals surface area contributed by atoms with E-state index in [0.29, 0.717) is 11.5 Å². The van der Waals surface area contributed by atoms with Gasteiger partial charge in [-0.05, 0) is 36.8 Å². The summed E-state index contributed by atoms with van der Waals surface area (Å²) in [4.78, 5) is 35.3. The zero-order valence-corrected chi connectivity index (χ0v) is 12.9. The summed E-state index contributed by atoms with van der Waals surface area (Å²) in [5, 5.41) is 5.34. The summed E-state index contributed by atoms with van der Waals surface area (Å²) in [5.74, 6) is -0.559. The highest BCUT2D eigenvalue weighted by atomic mass is 16.2. The Bertz CT molecular complexity index is 873. The minimum atomic E-state index is -0.486. The molecule has 2 aromatic heterocycles. The molecule has 3 N–H and O–H groups in total. The van der Waals surface area contributed by atoms with E-state index in [1.54, 1.807) is 30.5 Å². The molecule has 24 heavy (non-hydrogen) atoms. The molecule has 0 saturated heterocycles. The van der Waals surface area contributed by atoms with E-state index < -0.39 is 11.8 Å². The van der Waals surface area contributed by atoms with E-state index in [0.717, 1.165) is 5.56 Å². The number of carbonyl (C=O) groups is 2. The number of H-pyrrole nitrogens is 1. The van der Waals surface area contributed by atoms with Crippen molar-refractivity contribution in [2.75, 3.05) is 10.6 Å². The summed E-state index contributed by atoms with van der Waals surface area (Å²) in [5.41, 5.74) is 1.75. The van der Waals surface area contributed by atoms with Crippen LogP contribution in [0, 0.1) is 6.92 Å². The van der Waals surface area contributed by atoms with Gasteiger partial charge in [-0.15, -0.1) is 0 Å². The fourth-order valence-electron chi connectivity index (χ4n) is 2.17. The molecule has 3 rings (SSSR count). The molecular formula is C17H15N5O2. The number of hydrogen-bond donors (Lipinski definition) is 3. The number of nitrogens with one attached hydrogen (secondary N) is 3. The van der Waals surface area contributed by atoms with Crippen molar-refractivity contribution in [3.8, 4) is 0 Å². The number of amides is 2. The number of aromatic amines is 1. The third kappa shape index (κ3) is 3.46. The first-order valence-electron chi connectivity index (χ1n) is 7.27. The number of aromatic nitrogens is 3. The molecule has 0 unspecified atom stereocenters. The Labute approximate surface area is 138 Å². The summed E-state index contributed by atoms with van der Waals surface area (Å²) in [6.07, 6.45) is 2.87. The average Bonchev–Trinajstić information content (AvgIpc) is 3.06. The lowest BCUT2D eigenvalue weighted by atomic mass is 10.2. The third-order valence-corrected chi connectivity index (χ3v) is 3.26. The number of nitrogens with zero attached hydrogens (tertiary/aromatic N) is 2. The second-order valence-corrected chi connectivity index (χ2v) is 5.12. The van der Waals surface area contributed by atoms with Crippen molar-refractivity contribution in [2.45, 2.75) is 6.92 Å². The van der Waals surface area contributed by atoms with E-state index in [1.807, 2.05) is 25.1 Å². The number of carbonyl (C=O) groups excluding carboxylic acids is 2. The van der Waals surface area contributed by atoms with Gasteiger partial charge < -0.3 is 15.6 Å². The zero-order valence-electron chi connectivity index (χ0n) is 12.9. The quantitative estimate of drug-likeness (QED) is 0.687. The molecule has 0 fully saturated rings. The second kappa shape index (κ2) is 6.74. The summed E-state index contributed by atoms with van der Waals surface area (Å²) < 4.78 is 0. The van der Waals surface area contributed by atoms with Crippen molar-refractivity contribution in [1.82, 2.24) is 15.0 Å². The standard InChI is InChI=1S/C17H15N5O2/c1-11-5-4-6-12(9-11)21-16(23)14-15(20-10-19-14)17(24)22-13-7-2-3-8-18-13/h2-10H,1H3,(H,19,20)(H,21,23)(H,18,22,24). The van der Waals surface area contributed by atoms with Gasteiger partial charge in [0.2, 0.25) is 0 Å². The van der Waals surface area contributed by atoms with Crippen LogP contribution in [0.5, 0.6) is 0 Å². The van der Waals surface area contributed by atoms with E-state index >= 15 is 0 Å². The number of aryl methyl sites for hydroxylation is 1. The Morgan fingerprint density at radius 1 is 1.00 bits per heavy atom. The Morgan fingerprint density at radius 3 is 2.62 bits per heavy atom. The van der Waals surface area contributed by atoms with Crippen molar-refractivity contribution >= 4 is 23.3 Å². The first-order valence-corrected chi connectivity index (χ1v) is 7.27. The van der Waals surface area contributed by atoms with Gasteiger partial charge >= 0.3 is 0 Å². The minimum absolute atomic E-state index is 0.0185. The third-order valence-electron chi connectivity index (χ3n) is 3.26. The summed E-state index contributed by atoms with van der Waals surface area (Å²) in [6.45, 7) is 1.93. The second-order valence-electron chi connectivity index (χ2n) is 5.12. The van der Waals surface area contributed by atoms with Gasteiger partial charge in [-0.2, -0.15) is 0 Å². The van der Waals surface area contributed by atoms with E-state index in [4.69, 9.17) is 0 Å². The maximum absolute atomic E-state index is 12.4. The lowest BCUT2D eigenvalue weighted by molar-refractivity contribution is 0.0985. The smallest absolute Gasteiger partial charge is 0.276 e. The summed E-state index contributed by atoms with van der Waals surface area (Å²) >= 11 is 0. The molecule has 0 atom stereocenters. The lowest BCUT2D eigenvalue weighted by Gasteiger charge is -2.06. The van der Waals surface area contributed by atoms with Gasteiger partial charge in [-0.25, -0.2) is 9.97 Å². The average molecular weight is 321 g/mol. The fourth-order valence-corrected chi connectivity index (χ4v) is 2.17. The molecule has 0 aliphatic heterocycles. The highest BCUT2D eigenvalue weighted by Gasteiger charge is 2.20. The molecule has 7 heteroatoms. The molecular weight excluding hydrogens is 306 g/mol. The van der Waals surface area contributed by atoms with Crippen LogP contribution >= 0.6 is 0 Å². The number of rotatable bonds is 4. The largest absolute Gasteiger partial charge is 0.340 e. The highest BCUT2D eigenvalue weighted by molar-refractivity contribution is 6.13. The van der Waals surface area contributed by atoms with Gasteiger partial charge in [0.15, 0.2) is 5.69 Å². The molecule has 120 valence electrons. The van der Waals surface area contributed by atoms with Crippen molar-refractivity contribution in [2.24, 2.45) is 0 Å². The Kier molecular flexibility index (Phi) is 4.33. The van der Waals surface area contributed by atoms with Crippen LogP contribution in [0.1, 0.15) is 26.5 Å². The topological polar surface area (TPSA) is 99.8 Å². The summed E-state index contributed by atoms with van der Waals surface area (Å²) in [7, 11) is 0. The van der Waals surface area contributed by atoms with Crippen molar-refractivity contribution < 1.29 is 9.59 Å². The van der Waals surface area contributed by atoms with Crippen molar-refractivity contribution in [3.05, 3.63) is 71.9 Å². The van der Waals surface area contributed by atoms with Crippen LogP contribution in [0.15, 0.2) is 55.0 Å². The van der Waals surface area contributed by atoms with E-state index in [9.17, 15) is 9.59 Å². The molecule has 0 aliphatic carbocycles. The number of anilines is 2. The van der Waals surface area contributed by atoms with Crippen LogP contribution in [0.3, 0.4) is 0 Å². The first-order chi connectivity index (χ1) is 11.6.